The van der Waals surface area contributed by atoms with Gasteiger partial charge < -0.3 is 19.4 Å². The van der Waals surface area contributed by atoms with E-state index in [-0.39, 0.29) is 13.2 Å². The Balaban J connectivity index is 1.59. The maximum Gasteiger partial charge on any atom is 0.355 e. The zero-order valence-corrected chi connectivity index (χ0v) is 22.4. The Morgan fingerprint density at radius 2 is 1.03 bits per heavy atom. The highest BCUT2D eigenvalue weighted by molar-refractivity contribution is 5.94. The number of H-pyrrole nitrogens is 2. The molecule has 0 unspecified atom stereocenters. The smallest absolute Gasteiger partial charge is 0.355 e. The summed E-state index contributed by atoms with van der Waals surface area (Å²) in [5.41, 5.74) is 8.54. The molecule has 0 amide bonds. The molecule has 2 aromatic heterocycles. The first kappa shape index (κ1) is 26.7. The van der Waals surface area contributed by atoms with E-state index in [1.54, 1.807) is 0 Å². The zero-order valence-electron chi connectivity index (χ0n) is 22.4. The summed E-state index contributed by atoms with van der Waals surface area (Å²) < 4.78 is 11.2. The Kier molecular flexibility index (Phi) is 8.31. The van der Waals surface area contributed by atoms with Crippen molar-refractivity contribution in [1.29, 1.82) is 0 Å². The first-order chi connectivity index (χ1) is 18.3. The number of esters is 2. The summed E-state index contributed by atoms with van der Waals surface area (Å²) in [6.07, 6.45) is 1.41. The zero-order chi connectivity index (χ0) is 27.2. The summed E-state index contributed by atoms with van der Waals surface area (Å²) >= 11 is 0. The molecule has 38 heavy (non-hydrogen) atoms. The Morgan fingerprint density at radius 3 is 1.37 bits per heavy atom. The lowest BCUT2D eigenvalue weighted by molar-refractivity contribution is 0.0457. The van der Waals surface area contributed by atoms with Gasteiger partial charge in [-0.3, -0.25) is 0 Å². The molecule has 0 radical (unpaired) electrons. The van der Waals surface area contributed by atoms with E-state index in [9.17, 15) is 9.59 Å². The van der Waals surface area contributed by atoms with Gasteiger partial charge in [0, 0.05) is 5.57 Å². The fourth-order valence-corrected chi connectivity index (χ4v) is 4.79. The maximum atomic E-state index is 13.0. The number of benzene rings is 2. The average Bonchev–Trinajstić information content (AvgIpc) is 3.47. The highest BCUT2D eigenvalue weighted by Crippen LogP contribution is 2.33. The molecule has 196 valence electrons. The number of hydrogen-bond acceptors (Lipinski definition) is 4. The van der Waals surface area contributed by atoms with Crippen molar-refractivity contribution < 1.29 is 19.1 Å². The SMILES string of the molecule is C=C(c1[nH]c(C(=O)OCc2ccccc2)c(C)c1CC)c1[nH]c(C(=O)OCc2ccccc2)c(C)c1CC. The fraction of sp³-hybridized carbons (Fsp3) is 0.250. The quantitative estimate of drug-likeness (QED) is 0.228. The number of carbonyl (C=O) groups excluding carboxylic acids is 2. The largest absolute Gasteiger partial charge is 0.456 e. The number of nitrogens with one attached hydrogen (secondary N) is 2. The van der Waals surface area contributed by atoms with E-state index >= 15 is 0 Å². The molecule has 0 saturated heterocycles. The van der Waals surface area contributed by atoms with Crippen molar-refractivity contribution in [2.75, 3.05) is 0 Å². The van der Waals surface area contributed by atoms with E-state index in [4.69, 9.17) is 9.47 Å². The Morgan fingerprint density at radius 1 is 0.658 bits per heavy atom. The van der Waals surface area contributed by atoms with Crippen LogP contribution in [0.4, 0.5) is 0 Å². The van der Waals surface area contributed by atoms with E-state index < -0.39 is 11.9 Å². The molecule has 4 aromatic rings. The summed E-state index contributed by atoms with van der Waals surface area (Å²) in [7, 11) is 0. The van der Waals surface area contributed by atoms with E-state index in [1.165, 1.54) is 0 Å². The highest BCUT2D eigenvalue weighted by atomic mass is 16.5. The van der Waals surface area contributed by atoms with Crippen molar-refractivity contribution in [2.45, 2.75) is 53.8 Å². The molecule has 0 saturated carbocycles. The van der Waals surface area contributed by atoms with Crippen molar-refractivity contribution in [3.8, 4) is 0 Å². The van der Waals surface area contributed by atoms with Gasteiger partial charge in [0.15, 0.2) is 0 Å². The molecule has 6 heteroatoms. The summed E-state index contributed by atoms with van der Waals surface area (Å²) in [5.74, 6) is -0.827. The molecule has 0 aliphatic carbocycles. The number of aromatic amines is 2. The first-order valence-corrected chi connectivity index (χ1v) is 12.9. The van der Waals surface area contributed by atoms with Gasteiger partial charge in [-0.05, 0) is 60.1 Å². The van der Waals surface area contributed by atoms with Crippen molar-refractivity contribution >= 4 is 17.5 Å². The highest BCUT2D eigenvalue weighted by Gasteiger charge is 2.26. The van der Waals surface area contributed by atoms with Gasteiger partial charge in [0.1, 0.15) is 24.6 Å². The minimum atomic E-state index is -0.413. The molecule has 2 heterocycles. The van der Waals surface area contributed by atoms with E-state index in [0.717, 1.165) is 44.8 Å². The molecular formula is C32H34N2O4. The molecule has 2 N–H and O–H groups in total. The van der Waals surface area contributed by atoms with Crippen molar-refractivity contribution in [3.05, 3.63) is 123 Å². The van der Waals surface area contributed by atoms with Crippen LogP contribution in [0.5, 0.6) is 0 Å². The topological polar surface area (TPSA) is 84.2 Å². The molecule has 0 aliphatic heterocycles. The third kappa shape index (κ3) is 5.49. The second-order valence-corrected chi connectivity index (χ2v) is 9.27. The van der Waals surface area contributed by atoms with Gasteiger partial charge in [-0.15, -0.1) is 0 Å². The molecule has 4 rings (SSSR count). The van der Waals surface area contributed by atoms with Gasteiger partial charge in [-0.2, -0.15) is 0 Å². The second-order valence-electron chi connectivity index (χ2n) is 9.27. The lowest BCUT2D eigenvalue weighted by Crippen LogP contribution is -2.07. The summed E-state index contributed by atoms with van der Waals surface area (Å²) in [4.78, 5) is 32.5. The Labute approximate surface area is 223 Å². The number of rotatable bonds is 10. The van der Waals surface area contributed by atoms with Crippen LogP contribution >= 0.6 is 0 Å². The molecule has 0 spiro atoms. The second kappa shape index (κ2) is 11.8. The molecule has 0 aliphatic rings. The third-order valence-corrected chi connectivity index (χ3v) is 6.90. The van der Waals surface area contributed by atoms with Crippen LogP contribution in [0, 0.1) is 13.8 Å². The summed E-state index contributed by atoms with van der Waals surface area (Å²) in [6.45, 7) is 12.7. The van der Waals surface area contributed by atoms with Gasteiger partial charge in [-0.25, -0.2) is 9.59 Å². The molecule has 0 bridgehead atoms. The lowest BCUT2D eigenvalue weighted by Gasteiger charge is -2.08. The molecule has 6 nitrogen and oxygen atoms in total. The van der Waals surface area contributed by atoms with Crippen molar-refractivity contribution in [3.63, 3.8) is 0 Å². The third-order valence-electron chi connectivity index (χ3n) is 6.90. The number of hydrogen-bond donors (Lipinski definition) is 2. The van der Waals surface area contributed by atoms with Crippen LogP contribution in [0.25, 0.3) is 5.57 Å². The predicted molar refractivity (Wildman–Crippen MR) is 149 cm³/mol. The van der Waals surface area contributed by atoms with Gasteiger partial charge in [0.05, 0.1) is 11.4 Å². The van der Waals surface area contributed by atoms with E-state index in [0.29, 0.717) is 29.8 Å². The maximum absolute atomic E-state index is 13.0. The van der Waals surface area contributed by atoms with Crippen LogP contribution in [0.3, 0.4) is 0 Å². The average molecular weight is 511 g/mol. The van der Waals surface area contributed by atoms with Crippen LogP contribution < -0.4 is 0 Å². The Bertz CT molecular complexity index is 1340. The summed E-state index contributed by atoms with van der Waals surface area (Å²) in [6, 6.07) is 19.2. The molecule has 0 atom stereocenters. The molecule has 2 aromatic carbocycles. The Hall–Kier alpha value is -4.32. The van der Waals surface area contributed by atoms with Crippen LogP contribution in [-0.2, 0) is 35.5 Å². The molecular weight excluding hydrogens is 476 g/mol. The van der Waals surface area contributed by atoms with Crippen LogP contribution in [0.15, 0.2) is 67.2 Å². The van der Waals surface area contributed by atoms with Crippen molar-refractivity contribution in [1.82, 2.24) is 9.97 Å². The molecule has 0 fully saturated rings. The van der Waals surface area contributed by atoms with Gasteiger partial charge in [0.25, 0.3) is 0 Å². The lowest BCUT2D eigenvalue weighted by atomic mass is 9.98. The number of aromatic nitrogens is 2. The first-order valence-electron chi connectivity index (χ1n) is 12.9. The van der Waals surface area contributed by atoms with Crippen LogP contribution in [0.1, 0.15) is 79.6 Å². The van der Waals surface area contributed by atoms with Crippen LogP contribution in [0.2, 0.25) is 0 Å². The minimum Gasteiger partial charge on any atom is -0.456 e. The summed E-state index contributed by atoms with van der Waals surface area (Å²) in [5, 5.41) is 0. The van der Waals surface area contributed by atoms with Gasteiger partial charge >= 0.3 is 11.9 Å². The number of ether oxygens (including phenoxy) is 2. The van der Waals surface area contributed by atoms with Gasteiger partial charge in [0.2, 0.25) is 0 Å². The van der Waals surface area contributed by atoms with Crippen LogP contribution in [-0.4, -0.2) is 21.9 Å². The monoisotopic (exact) mass is 510 g/mol. The van der Waals surface area contributed by atoms with Crippen molar-refractivity contribution in [2.24, 2.45) is 0 Å². The standard InChI is InChI=1S/C32H34N2O4/c1-6-25-20(3)29(31(35)37-18-23-14-10-8-11-15-23)33-27(25)22(5)28-26(7-2)21(4)30(34-28)32(36)38-19-24-16-12-9-13-17-24/h8-17,33-34H,5-7,18-19H2,1-4H3. The van der Waals surface area contributed by atoms with E-state index in [1.807, 2.05) is 88.4 Å². The van der Waals surface area contributed by atoms with E-state index in [2.05, 4.69) is 16.5 Å². The number of carbonyl (C=O) groups is 2. The fourth-order valence-electron chi connectivity index (χ4n) is 4.79. The minimum absolute atomic E-state index is 0.195. The van der Waals surface area contributed by atoms with Gasteiger partial charge in [-0.1, -0.05) is 81.1 Å². The predicted octanol–water partition coefficient (Wildman–Crippen LogP) is 6.86. The normalized spacial score (nSPS) is 10.8.